The van der Waals surface area contributed by atoms with Gasteiger partial charge in [-0.05, 0) is 5.92 Å². The van der Waals surface area contributed by atoms with Crippen molar-refractivity contribution in [1.82, 2.24) is 0 Å². The minimum absolute atomic E-state index is 0.0620. The average molecular weight is 132 g/mol. The van der Waals surface area contributed by atoms with Crippen molar-refractivity contribution in [3.63, 3.8) is 0 Å². The van der Waals surface area contributed by atoms with Gasteiger partial charge in [-0.25, -0.2) is 0 Å². The second kappa shape index (κ2) is 3.45. The molecule has 0 aliphatic carbocycles. The van der Waals surface area contributed by atoms with Crippen molar-refractivity contribution < 1.29 is 15.0 Å². The lowest BCUT2D eigenvalue weighted by Gasteiger charge is -2.11. The maximum atomic E-state index is 10.2. The van der Waals surface area contributed by atoms with Gasteiger partial charge >= 0.3 is 5.97 Å². The number of carbonyl (C=O) groups is 1. The summed E-state index contributed by atoms with van der Waals surface area (Å²) in [5.41, 5.74) is 0. The zero-order valence-electron chi connectivity index (χ0n) is 5.66. The van der Waals surface area contributed by atoms with Crippen molar-refractivity contribution in [2.75, 3.05) is 6.61 Å². The van der Waals surface area contributed by atoms with Crippen LogP contribution in [0, 0.1) is 11.8 Å². The molecule has 0 aliphatic heterocycles. The molecule has 0 fully saturated rings. The van der Waals surface area contributed by atoms with E-state index in [0.29, 0.717) is 0 Å². The average Bonchev–Trinajstić information content (AvgIpc) is 1.84. The molecule has 0 unspecified atom stereocenters. The molecule has 3 heteroatoms. The van der Waals surface area contributed by atoms with E-state index in [2.05, 4.69) is 0 Å². The quantitative estimate of drug-likeness (QED) is 0.582. The zero-order chi connectivity index (χ0) is 7.44. The Morgan fingerprint density at radius 1 is 1.56 bits per heavy atom. The van der Waals surface area contributed by atoms with E-state index < -0.39 is 11.9 Å². The van der Waals surface area contributed by atoms with Crippen LogP contribution >= 0.6 is 0 Å². The van der Waals surface area contributed by atoms with Gasteiger partial charge in [-0.1, -0.05) is 13.8 Å². The van der Waals surface area contributed by atoms with Crippen LogP contribution in [-0.2, 0) is 4.79 Å². The van der Waals surface area contributed by atoms with Crippen LogP contribution in [0.5, 0.6) is 0 Å². The standard InChI is InChI=1S/C6H12O3/c1-4(3-7)5(2)6(8)9/h4-5,7H,3H2,1-2H3,(H,8,9)/t4-,5-/m0/s1. The number of hydrogen-bond donors (Lipinski definition) is 2. The summed E-state index contributed by atoms with van der Waals surface area (Å²) in [5.74, 6) is -1.45. The lowest BCUT2D eigenvalue weighted by atomic mass is 9.97. The molecule has 0 rings (SSSR count). The Hall–Kier alpha value is -0.570. The predicted molar refractivity (Wildman–Crippen MR) is 33.0 cm³/mol. The number of carboxylic acids is 1. The van der Waals surface area contributed by atoms with Gasteiger partial charge in [-0.2, -0.15) is 0 Å². The summed E-state index contributed by atoms with van der Waals surface area (Å²) in [6, 6.07) is 0. The van der Waals surface area contributed by atoms with Crippen LogP contribution in [0.1, 0.15) is 13.8 Å². The molecule has 0 saturated heterocycles. The number of carboxylic acid groups (broad SMARTS) is 1. The SMILES string of the molecule is C[C@H](C(=O)O)[C@@H](C)CO. The van der Waals surface area contributed by atoms with Gasteiger partial charge in [0.15, 0.2) is 0 Å². The highest BCUT2D eigenvalue weighted by Crippen LogP contribution is 2.08. The summed E-state index contributed by atoms with van der Waals surface area (Å²) in [6.07, 6.45) is 0. The normalized spacial score (nSPS) is 16.8. The van der Waals surface area contributed by atoms with Gasteiger partial charge in [0.25, 0.3) is 0 Å². The largest absolute Gasteiger partial charge is 0.481 e. The fraction of sp³-hybridized carbons (Fsp3) is 0.833. The van der Waals surface area contributed by atoms with Gasteiger partial charge in [0.1, 0.15) is 0 Å². The van der Waals surface area contributed by atoms with Crippen LogP contribution in [-0.4, -0.2) is 22.8 Å². The Balaban J connectivity index is 3.72. The van der Waals surface area contributed by atoms with Gasteiger partial charge < -0.3 is 10.2 Å². The number of aliphatic carboxylic acids is 1. The Bertz CT molecular complexity index is 100. The highest BCUT2D eigenvalue weighted by Gasteiger charge is 2.17. The molecule has 54 valence electrons. The van der Waals surface area contributed by atoms with Gasteiger partial charge in [-0.15, -0.1) is 0 Å². The minimum atomic E-state index is -0.850. The third-order valence-corrected chi connectivity index (χ3v) is 1.53. The fourth-order valence-electron chi connectivity index (χ4n) is 0.402. The molecule has 0 radical (unpaired) electrons. The van der Waals surface area contributed by atoms with Crippen molar-refractivity contribution in [3.05, 3.63) is 0 Å². The Morgan fingerprint density at radius 3 is 2.11 bits per heavy atom. The van der Waals surface area contributed by atoms with E-state index in [-0.39, 0.29) is 12.5 Å². The molecule has 0 amide bonds. The number of rotatable bonds is 3. The van der Waals surface area contributed by atoms with Crippen LogP contribution in [0.2, 0.25) is 0 Å². The van der Waals surface area contributed by atoms with E-state index in [1.807, 2.05) is 0 Å². The monoisotopic (exact) mass is 132 g/mol. The molecule has 0 saturated carbocycles. The van der Waals surface area contributed by atoms with E-state index in [1.54, 1.807) is 13.8 Å². The molecule has 0 aromatic rings. The Kier molecular flexibility index (Phi) is 3.24. The van der Waals surface area contributed by atoms with Crippen molar-refractivity contribution in [1.29, 1.82) is 0 Å². The summed E-state index contributed by atoms with van der Waals surface area (Å²) < 4.78 is 0. The van der Waals surface area contributed by atoms with E-state index >= 15 is 0 Å². The maximum absolute atomic E-state index is 10.2. The summed E-state index contributed by atoms with van der Waals surface area (Å²) in [6.45, 7) is 3.23. The molecule has 2 N–H and O–H groups in total. The number of aliphatic hydroxyl groups is 1. The second-order valence-corrected chi connectivity index (χ2v) is 2.29. The van der Waals surface area contributed by atoms with Gasteiger partial charge in [0, 0.05) is 6.61 Å². The highest BCUT2D eigenvalue weighted by atomic mass is 16.4. The summed E-state index contributed by atoms with van der Waals surface area (Å²) in [4.78, 5) is 10.2. The van der Waals surface area contributed by atoms with E-state index in [9.17, 15) is 4.79 Å². The first-order valence-electron chi connectivity index (χ1n) is 2.93. The minimum Gasteiger partial charge on any atom is -0.481 e. The van der Waals surface area contributed by atoms with Crippen LogP contribution in [0.4, 0.5) is 0 Å². The van der Waals surface area contributed by atoms with Crippen LogP contribution in [0.25, 0.3) is 0 Å². The van der Waals surface area contributed by atoms with Gasteiger partial charge in [0.2, 0.25) is 0 Å². The fourth-order valence-corrected chi connectivity index (χ4v) is 0.402. The second-order valence-electron chi connectivity index (χ2n) is 2.29. The first-order valence-corrected chi connectivity index (χ1v) is 2.93. The van der Waals surface area contributed by atoms with Crippen molar-refractivity contribution in [2.45, 2.75) is 13.8 Å². The summed E-state index contributed by atoms with van der Waals surface area (Å²) in [5, 5.41) is 16.9. The zero-order valence-corrected chi connectivity index (χ0v) is 5.66. The smallest absolute Gasteiger partial charge is 0.306 e. The lowest BCUT2D eigenvalue weighted by molar-refractivity contribution is -0.143. The molecule has 0 spiro atoms. The molecule has 0 aromatic carbocycles. The molecule has 2 atom stereocenters. The highest BCUT2D eigenvalue weighted by molar-refractivity contribution is 5.69. The first-order chi connectivity index (χ1) is 4.09. The van der Waals surface area contributed by atoms with Gasteiger partial charge in [-0.3, -0.25) is 4.79 Å². The third kappa shape index (κ3) is 2.46. The number of aliphatic hydroxyl groups excluding tert-OH is 1. The molecule has 0 heterocycles. The maximum Gasteiger partial charge on any atom is 0.306 e. The molecular formula is C6H12O3. The van der Waals surface area contributed by atoms with Crippen molar-refractivity contribution >= 4 is 5.97 Å². The topological polar surface area (TPSA) is 57.5 Å². The molecular weight excluding hydrogens is 120 g/mol. The molecule has 9 heavy (non-hydrogen) atoms. The van der Waals surface area contributed by atoms with Crippen molar-refractivity contribution in [3.8, 4) is 0 Å². The van der Waals surface area contributed by atoms with Crippen LogP contribution < -0.4 is 0 Å². The Labute approximate surface area is 54.3 Å². The molecule has 0 bridgehead atoms. The number of hydrogen-bond acceptors (Lipinski definition) is 2. The Morgan fingerprint density at radius 2 is 2.00 bits per heavy atom. The molecule has 0 aliphatic rings. The van der Waals surface area contributed by atoms with E-state index in [4.69, 9.17) is 10.2 Å². The molecule has 0 aromatic heterocycles. The predicted octanol–water partition coefficient (Wildman–Crippen LogP) is 0.335. The summed E-state index contributed by atoms with van der Waals surface area (Å²) >= 11 is 0. The first kappa shape index (κ1) is 8.43. The van der Waals surface area contributed by atoms with Crippen LogP contribution in [0.15, 0.2) is 0 Å². The molecule has 3 nitrogen and oxygen atoms in total. The van der Waals surface area contributed by atoms with Crippen molar-refractivity contribution in [2.24, 2.45) is 11.8 Å². The third-order valence-electron chi connectivity index (χ3n) is 1.53. The van der Waals surface area contributed by atoms with E-state index in [0.717, 1.165) is 0 Å². The van der Waals surface area contributed by atoms with Crippen LogP contribution in [0.3, 0.4) is 0 Å². The summed E-state index contributed by atoms with van der Waals surface area (Å²) in [7, 11) is 0. The van der Waals surface area contributed by atoms with Gasteiger partial charge in [0.05, 0.1) is 5.92 Å². The lowest BCUT2D eigenvalue weighted by Crippen LogP contribution is -2.20. The van der Waals surface area contributed by atoms with E-state index in [1.165, 1.54) is 0 Å².